The van der Waals surface area contributed by atoms with Gasteiger partial charge >= 0.3 is 0 Å². The highest BCUT2D eigenvalue weighted by molar-refractivity contribution is 5.76. The van der Waals surface area contributed by atoms with E-state index >= 15 is 0 Å². The van der Waals surface area contributed by atoms with Crippen molar-refractivity contribution >= 4 is 11.6 Å². The molecule has 104 valence electrons. The van der Waals surface area contributed by atoms with Crippen molar-refractivity contribution < 1.29 is 4.79 Å². The first kappa shape index (κ1) is 14.1. The van der Waals surface area contributed by atoms with Crippen LogP contribution in [0.2, 0.25) is 0 Å². The normalized spacial score (nSPS) is 10.1. The van der Waals surface area contributed by atoms with E-state index < -0.39 is 0 Å². The third-order valence-corrected chi connectivity index (χ3v) is 3.03. The van der Waals surface area contributed by atoms with Crippen molar-refractivity contribution in [1.29, 1.82) is 0 Å². The zero-order chi connectivity index (χ0) is 14.2. The number of carbonyl (C=O) groups is 1. The molecule has 0 radical (unpaired) electrons. The highest BCUT2D eigenvalue weighted by Crippen LogP contribution is 2.09. The average Bonchev–Trinajstić information content (AvgIpc) is 2.46. The summed E-state index contributed by atoms with van der Waals surface area (Å²) in [5.41, 5.74) is 3.39. The fourth-order valence-electron chi connectivity index (χ4n) is 1.96. The van der Waals surface area contributed by atoms with Gasteiger partial charge in [-0.05, 0) is 30.2 Å². The Morgan fingerprint density at radius 2 is 1.85 bits per heavy atom. The van der Waals surface area contributed by atoms with Crippen LogP contribution in [0.25, 0.3) is 0 Å². The van der Waals surface area contributed by atoms with Gasteiger partial charge in [0, 0.05) is 25.2 Å². The zero-order valence-electron chi connectivity index (χ0n) is 11.7. The van der Waals surface area contributed by atoms with E-state index in [1.807, 2.05) is 42.5 Å². The van der Waals surface area contributed by atoms with Crippen molar-refractivity contribution in [2.24, 2.45) is 0 Å². The summed E-state index contributed by atoms with van der Waals surface area (Å²) in [7, 11) is 0. The lowest BCUT2D eigenvalue weighted by Gasteiger charge is -2.08. The summed E-state index contributed by atoms with van der Waals surface area (Å²) in [5.74, 6) is 0.0639. The van der Waals surface area contributed by atoms with Gasteiger partial charge in [-0.15, -0.1) is 0 Å². The van der Waals surface area contributed by atoms with Gasteiger partial charge in [0.05, 0.1) is 0 Å². The molecular weight excluding hydrogens is 248 g/mol. The lowest BCUT2D eigenvalue weighted by atomic mass is 10.2. The molecule has 2 rings (SSSR count). The molecule has 20 heavy (non-hydrogen) atoms. The van der Waals surface area contributed by atoms with E-state index in [4.69, 9.17) is 0 Å². The number of nitrogens with one attached hydrogen (secondary N) is 2. The first-order valence-corrected chi connectivity index (χ1v) is 6.85. The molecule has 0 atom stereocenters. The summed E-state index contributed by atoms with van der Waals surface area (Å²) in [6, 6.07) is 18.1. The minimum Gasteiger partial charge on any atom is -0.385 e. The second-order valence-corrected chi connectivity index (χ2v) is 4.81. The van der Waals surface area contributed by atoms with Crippen molar-refractivity contribution in [3.05, 3.63) is 65.7 Å². The molecule has 0 aliphatic rings. The van der Waals surface area contributed by atoms with Gasteiger partial charge in [0.25, 0.3) is 0 Å². The molecule has 2 aromatic carbocycles. The number of rotatable bonds is 6. The van der Waals surface area contributed by atoms with Gasteiger partial charge < -0.3 is 10.6 Å². The average molecular weight is 268 g/mol. The van der Waals surface area contributed by atoms with Gasteiger partial charge in [-0.2, -0.15) is 0 Å². The Morgan fingerprint density at radius 3 is 2.60 bits per heavy atom. The van der Waals surface area contributed by atoms with E-state index in [1.165, 1.54) is 5.56 Å². The number of anilines is 1. The van der Waals surface area contributed by atoms with Crippen molar-refractivity contribution in [1.82, 2.24) is 5.32 Å². The number of amides is 1. The minimum atomic E-state index is 0.0639. The van der Waals surface area contributed by atoms with Crippen LogP contribution in [0.1, 0.15) is 17.5 Å². The Morgan fingerprint density at radius 1 is 1.05 bits per heavy atom. The molecular formula is C17H20N2O. The predicted octanol–water partition coefficient (Wildman–Crippen LogP) is 3.11. The summed E-state index contributed by atoms with van der Waals surface area (Å²) in [4.78, 5) is 11.7. The maximum Gasteiger partial charge on any atom is 0.222 e. The highest BCUT2D eigenvalue weighted by Gasteiger charge is 2.01. The molecule has 3 heteroatoms. The molecule has 0 fully saturated rings. The first-order valence-electron chi connectivity index (χ1n) is 6.85. The Bertz CT molecular complexity index is 552. The topological polar surface area (TPSA) is 41.1 Å². The van der Waals surface area contributed by atoms with E-state index in [0.717, 1.165) is 11.3 Å². The van der Waals surface area contributed by atoms with Crippen LogP contribution in [-0.2, 0) is 11.3 Å². The van der Waals surface area contributed by atoms with E-state index in [9.17, 15) is 4.79 Å². The van der Waals surface area contributed by atoms with Crippen LogP contribution in [-0.4, -0.2) is 12.5 Å². The zero-order valence-corrected chi connectivity index (χ0v) is 11.7. The van der Waals surface area contributed by atoms with Crippen molar-refractivity contribution in [2.45, 2.75) is 19.9 Å². The van der Waals surface area contributed by atoms with Crippen LogP contribution in [0, 0.1) is 6.92 Å². The molecule has 3 nitrogen and oxygen atoms in total. The summed E-state index contributed by atoms with van der Waals surface area (Å²) < 4.78 is 0. The predicted molar refractivity (Wildman–Crippen MR) is 82.6 cm³/mol. The molecule has 0 aliphatic carbocycles. The van der Waals surface area contributed by atoms with Gasteiger partial charge in [-0.3, -0.25) is 4.79 Å². The second-order valence-electron chi connectivity index (χ2n) is 4.81. The molecule has 1 amide bonds. The second kappa shape index (κ2) is 7.34. The summed E-state index contributed by atoms with van der Waals surface area (Å²) >= 11 is 0. The summed E-state index contributed by atoms with van der Waals surface area (Å²) in [6.45, 7) is 3.28. The Labute approximate surface area is 120 Å². The third-order valence-electron chi connectivity index (χ3n) is 3.03. The fraction of sp³-hybridized carbons (Fsp3) is 0.235. The number of hydrogen-bond donors (Lipinski definition) is 2. The van der Waals surface area contributed by atoms with Crippen molar-refractivity contribution in [3.8, 4) is 0 Å². The SMILES string of the molecule is Cc1cccc(NCCC(=O)NCc2ccccc2)c1. The van der Waals surface area contributed by atoms with E-state index in [1.54, 1.807) is 0 Å². The monoisotopic (exact) mass is 268 g/mol. The molecule has 0 saturated carbocycles. The molecule has 0 heterocycles. The largest absolute Gasteiger partial charge is 0.385 e. The highest BCUT2D eigenvalue weighted by atomic mass is 16.1. The molecule has 0 aromatic heterocycles. The van der Waals surface area contributed by atoms with E-state index in [0.29, 0.717) is 19.5 Å². The van der Waals surface area contributed by atoms with E-state index in [2.05, 4.69) is 29.7 Å². The van der Waals surface area contributed by atoms with Crippen molar-refractivity contribution in [2.75, 3.05) is 11.9 Å². The Kier molecular flexibility index (Phi) is 5.18. The van der Waals surface area contributed by atoms with Crippen LogP contribution in [0.3, 0.4) is 0 Å². The summed E-state index contributed by atoms with van der Waals surface area (Å²) in [5, 5.41) is 6.17. The van der Waals surface area contributed by atoms with Crippen LogP contribution >= 0.6 is 0 Å². The lowest BCUT2D eigenvalue weighted by Crippen LogP contribution is -2.24. The van der Waals surface area contributed by atoms with Crippen LogP contribution in [0.5, 0.6) is 0 Å². The standard InChI is InChI=1S/C17H20N2O/c1-14-6-5-9-16(12-14)18-11-10-17(20)19-13-15-7-3-2-4-8-15/h2-9,12,18H,10-11,13H2,1H3,(H,19,20). The molecule has 0 aliphatic heterocycles. The van der Waals surface area contributed by atoms with Gasteiger partial charge in [0.2, 0.25) is 5.91 Å². The van der Waals surface area contributed by atoms with Crippen LogP contribution < -0.4 is 10.6 Å². The minimum absolute atomic E-state index is 0.0639. The van der Waals surface area contributed by atoms with Gasteiger partial charge in [0.1, 0.15) is 0 Å². The van der Waals surface area contributed by atoms with Gasteiger partial charge in [0.15, 0.2) is 0 Å². The number of hydrogen-bond acceptors (Lipinski definition) is 2. The Balaban J connectivity index is 1.68. The maximum absolute atomic E-state index is 11.7. The number of benzene rings is 2. The quantitative estimate of drug-likeness (QED) is 0.845. The smallest absolute Gasteiger partial charge is 0.222 e. The van der Waals surface area contributed by atoms with Crippen LogP contribution in [0.15, 0.2) is 54.6 Å². The van der Waals surface area contributed by atoms with Gasteiger partial charge in [-0.25, -0.2) is 0 Å². The lowest BCUT2D eigenvalue weighted by molar-refractivity contribution is -0.121. The first-order chi connectivity index (χ1) is 9.74. The molecule has 2 aromatic rings. The van der Waals surface area contributed by atoms with Gasteiger partial charge in [-0.1, -0.05) is 42.5 Å². The van der Waals surface area contributed by atoms with E-state index in [-0.39, 0.29) is 5.91 Å². The third kappa shape index (κ3) is 4.76. The molecule has 0 bridgehead atoms. The van der Waals surface area contributed by atoms with Crippen molar-refractivity contribution in [3.63, 3.8) is 0 Å². The number of carbonyl (C=O) groups excluding carboxylic acids is 1. The number of aryl methyl sites for hydroxylation is 1. The molecule has 0 saturated heterocycles. The molecule has 0 spiro atoms. The molecule has 2 N–H and O–H groups in total. The molecule has 0 unspecified atom stereocenters. The van der Waals surface area contributed by atoms with Crippen LogP contribution in [0.4, 0.5) is 5.69 Å². The fourth-order valence-corrected chi connectivity index (χ4v) is 1.96. The maximum atomic E-state index is 11.7. The summed E-state index contributed by atoms with van der Waals surface area (Å²) in [6.07, 6.45) is 0.473. The Hall–Kier alpha value is -2.29.